The van der Waals surface area contributed by atoms with Gasteiger partial charge < -0.3 is 4.57 Å². The van der Waals surface area contributed by atoms with Crippen LogP contribution in [0.15, 0.2) is 48.9 Å². The van der Waals surface area contributed by atoms with Gasteiger partial charge in [-0.1, -0.05) is 35.5 Å². The molecule has 144 valence electrons. The zero-order valence-corrected chi connectivity index (χ0v) is 16.6. The second kappa shape index (κ2) is 7.80. The summed E-state index contributed by atoms with van der Waals surface area (Å²) < 4.78 is 6.18. The molecule has 4 rings (SSSR count). The van der Waals surface area contributed by atoms with Gasteiger partial charge in [-0.25, -0.2) is 4.98 Å². The van der Waals surface area contributed by atoms with Crippen LogP contribution in [-0.2, 0) is 26.1 Å². The van der Waals surface area contributed by atoms with Crippen LogP contribution in [-0.4, -0.2) is 34.3 Å². The Morgan fingerprint density at radius 3 is 2.43 bits per heavy atom. The van der Waals surface area contributed by atoms with Crippen molar-refractivity contribution in [3.8, 4) is 11.3 Å². The van der Waals surface area contributed by atoms with Crippen molar-refractivity contribution in [2.75, 3.05) is 0 Å². The van der Waals surface area contributed by atoms with Gasteiger partial charge in [-0.3, -0.25) is 9.36 Å². The molecule has 0 aliphatic carbocycles. The number of nitrogens with zero attached hydrogens (tertiary/aromatic N) is 7. The van der Waals surface area contributed by atoms with Crippen LogP contribution in [0, 0.1) is 20.8 Å². The molecule has 7 nitrogen and oxygen atoms in total. The summed E-state index contributed by atoms with van der Waals surface area (Å²) >= 11 is 0. The Hall–Kier alpha value is -3.22. The van der Waals surface area contributed by atoms with Crippen LogP contribution < -0.4 is 0 Å². The van der Waals surface area contributed by atoms with Gasteiger partial charge in [0.1, 0.15) is 0 Å². The first-order chi connectivity index (χ1) is 13.6. The van der Waals surface area contributed by atoms with E-state index in [1.165, 1.54) is 11.4 Å². The minimum atomic E-state index is 0.762. The van der Waals surface area contributed by atoms with Crippen molar-refractivity contribution in [1.29, 1.82) is 0 Å². The molecule has 7 heteroatoms. The van der Waals surface area contributed by atoms with Crippen LogP contribution in [0.25, 0.3) is 11.3 Å². The largest absolute Gasteiger partial charge is 0.332 e. The monoisotopic (exact) mass is 375 g/mol. The lowest BCUT2D eigenvalue weighted by Crippen LogP contribution is -2.13. The van der Waals surface area contributed by atoms with Crippen LogP contribution in [0.2, 0.25) is 0 Å². The molecule has 4 aromatic rings. The van der Waals surface area contributed by atoms with Crippen molar-refractivity contribution in [1.82, 2.24) is 34.3 Å². The van der Waals surface area contributed by atoms with Crippen molar-refractivity contribution in [3.63, 3.8) is 0 Å². The fourth-order valence-corrected chi connectivity index (χ4v) is 3.53. The standard InChI is InChI=1S/C21H25N7/c1-16-13-18(3)28(24-16)10-9-20-21(19-7-5-4-6-8-19)22-15-26(20)11-12-27-14-17(2)23-25-27/h4-8,13-15H,9-12H2,1-3H3. The summed E-state index contributed by atoms with van der Waals surface area (Å²) in [5.41, 5.74) is 6.56. The van der Waals surface area contributed by atoms with E-state index in [1.54, 1.807) is 0 Å². The second-order valence-electron chi connectivity index (χ2n) is 7.12. The molecule has 0 fully saturated rings. The third-order valence-corrected chi connectivity index (χ3v) is 4.88. The third kappa shape index (κ3) is 3.88. The Balaban J connectivity index is 1.60. The van der Waals surface area contributed by atoms with Gasteiger partial charge in [0.2, 0.25) is 0 Å². The number of aromatic nitrogens is 7. The average Bonchev–Trinajstić information content (AvgIpc) is 3.37. The highest BCUT2D eigenvalue weighted by atomic mass is 15.4. The Kier molecular flexibility index (Phi) is 5.06. The minimum absolute atomic E-state index is 0.762. The summed E-state index contributed by atoms with van der Waals surface area (Å²) in [4.78, 5) is 4.73. The topological polar surface area (TPSA) is 66.3 Å². The number of rotatable bonds is 7. The Labute approximate surface area is 164 Å². The van der Waals surface area contributed by atoms with Gasteiger partial charge in [-0.05, 0) is 26.8 Å². The Bertz CT molecular complexity index is 1060. The van der Waals surface area contributed by atoms with Gasteiger partial charge in [-0.2, -0.15) is 5.10 Å². The van der Waals surface area contributed by atoms with E-state index in [-0.39, 0.29) is 0 Å². The molecule has 28 heavy (non-hydrogen) atoms. The van der Waals surface area contributed by atoms with E-state index in [4.69, 9.17) is 4.98 Å². The Morgan fingerprint density at radius 1 is 0.929 bits per heavy atom. The van der Waals surface area contributed by atoms with Crippen LogP contribution in [0.1, 0.15) is 22.8 Å². The van der Waals surface area contributed by atoms with E-state index < -0.39 is 0 Å². The molecule has 0 unspecified atom stereocenters. The number of benzene rings is 1. The van der Waals surface area contributed by atoms with E-state index in [1.807, 2.05) is 37.1 Å². The first-order valence-corrected chi connectivity index (χ1v) is 9.57. The average molecular weight is 375 g/mol. The SMILES string of the molecule is Cc1cn(CCn2cnc(-c3ccccc3)c2CCn2nc(C)cc2C)nn1. The highest BCUT2D eigenvalue weighted by molar-refractivity contribution is 5.61. The molecule has 3 heterocycles. The zero-order valence-electron chi connectivity index (χ0n) is 16.6. The second-order valence-corrected chi connectivity index (χ2v) is 7.12. The van der Waals surface area contributed by atoms with Gasteiger partial charge in [0.25, 0.3) is 0 Å². The maximum atomic E-state index is 4.73. The lowest BCUT2D eigenvalue weighted by molar-refractivity contribution is 0.500. The highest BCUT2D eigenvalue weighted by Crippen LogP contribution is 2.23. The number of imidazole rings is 1. The lowest BCUT2D eigenvalue weighted by Gasteiger charge is -2.11. The van der Waals surface area contributed by atoms with Gasteiger partial charge in [0.05, 0.1) is 30.0 Å². The van der Waals surface area contributed by atoms with Crippen molar-refractivity contribution >= 4 is 0 Å². The number of hydrogen-bond acceptors (Lipinski definition) is 4. The van der Waals surface area contributed by atoms with E-state index in [9.17, 15) is 0 Å². The fraction of sp³-hybridized carbons (Fsp3) is 0.333. The minimum Gasteiger partial charge on any atom is -0.332 e. The Morgan fingerprint density at radius 2 is 1.75 bits per heavy atom. The maximum absolute atomic E-state index is 4.73. The molecular formula is C21H25N7. The first-order valence-electron chi connectivity index (χ1n) is 9.57. The predicted molar refractivity (Wildman–Crippen MR) is 108 cm³/mol. The van der Waals surface area contributed by atoms with Crippen molar-refractivity contribution in [2.24, 2.45) is 0 Å². The molecule has 0 aliphatic heterocycles. The molecule has 0 radical (unpaired) electrons. The van der Waals surface area contributed by atoms with Gasteiger partial charge >= 0.3 is 0 Å². The molecule has 0 N–H and O–H groups in total. The highest BCUT2D eigenvalue weighted by Gasteiger charge is 2.14. The predicted octanol–water partition coefficient (Wildman–Crippen LogP) is 3.21. The fourth-order valence-electron chi connectivity index (χ4n) is 3.53. The van der Waals surface area contributed by atoms with E-state index in [2.05, 4.69) is 61.9 Å². The summed E-state index contributed by atoms with van der Waals surface area (Å²) in [6.45, 7) is 8.47. The summed E-state index contributed by atoms with van der Waals surface area (Å²) in [5, 5.41) is 12.8. The maximum Gasteiger partial charge on any atom is 0.0956 e. The van der Waals surface area contributed by atoms with Crippen LogP contribution in [0.5, 0.6) is 0 Å². The molecule has 1 aromatic carbocycles. The van der Waals surface area contributed by atoms with Crippen molar-refractivity contribution in [3.05, 3.63) is 71.7 Å². The van der Waals surface area contributed by atoms with Gasteiger partial charge in [-0.15, -0.1) is 5.10 Å². The summed E-state index contributed by atoms with van der Waals surface area (Å²) in [5.74, 6) is 0. The van der Waals surface area contributed by atoms with Gasteiger partial charge in [0.15, 0.2) is 0 Å². The molecule has 0 atom stereocenters. The molecule has 0 amide bonds. The van der Waals surface area contributed by atoms with E-state index in [0.29, 0.717) is 0 Å². The van der Waals surface area contributed by atoms with Crippen LogP contribution >= 0.6 is 0 Å². The molecule has 0 bridgehead atoms. The van der Waals surface area contributed by atoms with E-state index >= 15 is 0 Å². The van der Waals surface area contributed by atoms with Crippen molar-refractivity contribution in [2.45, 2.75) is 46.8 Å². The van der Waals surface area contributed by atoms with Crippen LogP contribution in [0.4, 0.5) is 0 Å². The summed E-state index contributed by atoms with van der Waals surface area (Å²) in [7, 11) is 0. The smallest absolute Gasteiger partial charge is 0.0956 e. The summed E-state index contributed by atoms with van der Waals surface area (Å²) in [6, 6.07) is 12.5. The number of hydrogen-bond donors (Lipinski definition) is 0. The summed E-state index contributed by atoms with van der Waals surface area (Å²) in [6.07, 6.45) is 4.76. The lowest BCUT2D eigenvalue weighted by atomic mass is 10.1. The first kappa shape index (κ1) is 18.2. The molecule has 3 aromatic heterocycles. The molecular weight excluding hydrogens is 350 g/mol. The molecule has 0 spiro atoms. The third-order valence-electron chi connectivity index (χ3n) is 4.88. The number of aryl methyl sites for hydroxylation is 6. The molecule has 0 aliphatic rings. The molecule has 0 saturated heterocycles. The normalized spacial score (nSPS) is 11.2. The van der Waals surface area contributed by atoms with Crippen LogP contribution in [0.3, 0.4) is 0 Å². The van der Waals surface area contributed by atoms with Gasteiger partial charge in [0, 0.05) is 42.7 Å². The van der Waals surface area contributed by atoms with E-state index in [0.717, 1.165) is 48.7 Å². The zero-order chi connectivity index (χ0) is 19.5. The quantitative estimate of drug-likeness (QED) is 0.497. The molecule has 0 saturated carbocycles. The van der Waals surface area contributed by atoms with Crippen molar-refractivity contribution < 1.29 is 0 Å².